The molecule has 10 aromatic rings. The Labute approximate surface area is 333 Å². The lowest BCUT2D eigenvalue weighted by atomic mass is 9.85. The molecule has 0 aliphatic heterocycles. The summed E-state index contributed by atoms with van der Waals surface area (Å²) in [6, 6.07) is 75.4. The summed E-state index contributed by atoms with van der Waals surface area (Å²) in [5.41, 5.74) is 13.1. The number of hydrogen-bond donors (Lipinski definition) is 1. The second-order valence-electron chi connectivity index (χ2n) is 14.6. The molecule has 0 saturated carbocycles. The molecule has 0 unspecified atom stereocenters. The topological polar surface area (TPSA) is 23.5 Å². The van der Waals surface area contributed by atoms with Gasteiger partial charge < -0.3 is 10.0 Å². The highest BCUT2D eigenvalue weighted by molar-refractivity contribution is 6.21. The Kier molecular flexibility index (Phi) is 8.58. The quantitative estimate of drug-likeness (QED) is 0.165. The van der Waals surface area contributed by atoms with Crippen LogP contribution < -0.4 is 4.90 Å². The lowest BCUT2D eigenvalue weighted by Gasteiger charge is -2.29. The van der Waals surface area contributed by atoms with Crippen molar-refractivity contribution in [3.05, 3.63) is 218 Å². The van der Waals surface area contributed by atoms with E-state index < -0.39 is 0 Å². The van der Waals surface area contributed by atoms with Gasteiger partial charge in [0.1, 0.15) is 5.75 Å². The Balaban J connectivity index is 1.20. The van der Waals surface area contributed by atoms with Gasteiger partial charge in [0, 0.05) is 22.6 Å². The Morgan fingerprint density at radius 2 is 0.877 bits per heavy atom. The van der Waals surface area contributed by atoms with E-state index in [1.54, 1.807) is 6.07 Å². The number of para-hydroxylation sites is 1. The Hall–Kier alpha value is -7.42. The summed E-state index contributed by atoms with van der Waals surface area (Å²) >= 11 is 0. The molecular weight excluding hydrogens is 691 g/mol. The first-order chi connectivity index (χ1) is 28.1. The summed E-state index contributed by atoms with van der Waals surface area (Å²) in [7, 11) is 0. The number of rotatable bonds is 7. The van der Waals surface area contributed by atoms with Crippen molar-refractivity contribution in [1.82, 2.24) is 0 Å². The molecule has 1 N–H and O–H groups in total. The first-order valence-electron chi connectivity index (χ1n) is 19.5. The third-order valence-corrected chi connectivity index (χ3v) is 11.4. The molecule has 0 spiro atoms. The zero-order valence-corrected chi connectivity index (χ0v) is 31.6. The fraction of sp³-hybridized carbons (Fsp3) is 0.0182. The van der Waals surface area contributed by atoms with E-state index in [4.69, 9.17) is 0 Å². The van der Waals surface area contributed by atoms with Crippen LogP contribution in [0.1, 0.15) is 5.56 Å². The maximum Gasteiger partial charge on any atom is 0.123 e. The van der Waals surface area contributed by atoms with Crippen molar-refractivity contribution in [2.75, 3.05) is 4.90 Å². The van der Waals surface area contributed by atoms with Gasteiger partial charge in [-0.05, 0) is 120 Å². The molecule has 10 aromatic carbocycles. The Morgan fingerprint density at radius 1 is 0.351 bits per heavy atom. The molecule has 0 radical (unpaired) electrons. The maximum atomic E-state index is 11.0. The van der Waals surface area contributed by atoms with Gasteiger partial charge in [0.25, 0.3) is 0 Å². The number of hydrogen-bond acceptors (Lipinski definition) is 2. The summed E-state index contributed by atoms with van der Waals surface area (Å²) < 4.78 is 0. The van der Waals surface area contributed by atoms with Gasteiger partial charge in [-0.25, -0.2) is 0 Å². The van der Waals surface area contributed by atoms with E-state index in [1.165, 1.54) is 60.1 Å². The molecule has 270 valence electrons. The first-order valence-corrected chi connectivity index (χ1v) is 19.5. The average molecular weight is 730 g/mol. The highest BCUT2D eigenvalue weighted by Gasteiger charge is 2.22. The normalized spacial score (nSPS) is 11.3. The monoisotopic (exact) mass is 729 g/mol. The van der Waals surface area contributed by atoms with E-state index in [0.717, 1.165) is 39.3 Å². The highest BCUT2D eigenvalue weighted by Crippen LogP contribution is 2.47. The van der Waals surface area contributed by atoms with E-state index in [1.807, 2.05) is 18.2 Å². The van der Waals surface area contributed by atoms with Crippen LogP contribution in [0.4, 0.5) is 17.1 Å². The smallest absolute Gasteiger partial charge is 0.123 e. The van der Waals surface area contributed by atoms with Crippen molar-refractivity contribution < 1.29 is 5.11 Å². The van der Waals surface area contributed by atoms with Crippen molar-refractivity contribution in [2.45, 2.75) is 6.92 Å². The van der Waals surface area contributed by atoms with Crippen molar-refractivity contribution in [3.63, 3.8) is 0 Å². The standard InChI is InChI=1S/C55H39NO/c1-37-44(49-25-11-12-31-53(49)57)28-15-30-52(37)56(42-34-32-39(33-35-42)46-29-14-19-38-16-5-6-22-45(38)46)43-21-13-20-41(36-43)55-51-27-10-8-24-48(51)47-23-7-9-26-50(47)54(55)40-17-3-2-4-18-40/h2-36,57H,1H3. The van der Waals surface area contributed by atoms with E-state index in [0.29, 0.717) is 0 Å². The second kappa shape index (κ2) is 14.3. The van der Waals surface area contributed by atoms with E-state index >= 15 is 0 Å². The molecule has 0 heterocycles. The molecular formula is C55H39NO. The number of nitrogens with zero attached hydrogens (tertiary/aromatic N) is 1. The maximum absolute atomic E-state index is 11.0. The second-order valence-corrected chi connectivity index (χ2v) is 14.6. The lowest BCUT2D eigenvalue weighted by molar-refractivity contribution is 0.477. The van der Waals surface area contributed by atoms with Crippen LogP contribution >= 0.6 is 0 Å². The van der Waals surface area contributed by atoms with Gasteiger partial charge in [-0.1, -0.05) is 176 Å². The lowest BCUT2D eigenvalue weighted by Crippen LogP contribution is -2.12. The summed E-state index contributed by atoms with van der Waals surface area (Å²) in [6.07, 6.45) is 0. The van der Waals surface area contributed by atoms with Crippen LogP contribution in [0.2, 0.25) is 0 Å². The van der Waals surface area contributed by atoms with Crippen LogP contribution in [-0.2, 0) is 0 Å². The van der Waals surface area contributed by atoms with Gasteiger partial charge >= 0.3 is 0 Å². The van der Waals surface area contributed by atoms with Gasteiger partial charge in [-0.15, -0.1) is 0 Å². The van der Waals surface area contributed by atoms with Gasteiger partial charge in [-0.2, -0.15) is 0 Å². The van der Waals surface area contributed by atoms with Crippen LogP contribution in [-0.4, -0.2) is 5.11 Å². The van der Waals surface area contributed by atoms with Crippen molar-refractivity contribution in [2.24, 2.45) is 0 Å². The number of fused-ring (bicyclic) bond motifs is 4. The van der Waals surface area contributed by atoms with Gasteiger partial charge in [0.05, 0.1) is 0 Å². The summed E-state index contributed by atoms with van der Waals surface area (Å²) in [5, 5.41) is 18.4. The largest absolute Gasteiger partial charge is 0.507 e. The van der Waals surface area contributed by atoms with E-state index in [9.17, 15) is 5.11 Å². The number of phenols is 1. The predicted octanol–water partition coefficient (Wildman–Crippen LogP) is 15.3. The number of benzene rings is 10. The molecule has 10 rings (SSSR count). The number of phenolic OH excluding ortho intramolecular Hbond substituents is 1. The average Bonchev–Trinajstić information content (AvgIpc) is 3.27. The summed E-state index contributed by atoms with van der Waals surface area (Å²) in [6.45, 7) is 2.16. The van der Waals surface area contributed by atoms with Gasteiger partial charge in [0.2, 0.25) is 0 Å². The van der Waals surface area contributed by atoms with Crippen LogP contribution in [0.15, 0.2) is 212 Å². The zero-order chi connectivity index (χ0) is 38.3. The molecule has 0 aliphatic carbocycles. The van der Waals surface area contributed by atoms with E-state index in [2.05, 4.69) is 200 Å². The van der Waals surface area contributed by atoms with Crippen LogP contribution in [0.25, 0.3) is 76.8 Å². The van der Waals surface area contributed by atoms with E-state index in [-0.39, 0.29) is 5.75 Å². The number of anilines is 3. The molecule has 0 fully saturated rings. The third-order valence-electron chi connectivity index (χ3n) is 11.4. The molecule has 0 saturated heterocycles. The SMILES string of the molecule is Cc1c(-c2ccccc2O)cccc1N(c1ccc(-c2cccc3ccccc23)cc1)c1cccc(-c2c(-c3ccccc3)c3ccccc3c3ccccc23)c1. The molecule has 0 aliphatic rings. The molecule has 0 atom stereocenters. The van der Waals surface area contributed by atoms with Crippen LogP contribution in [0.3, 0.4) is 0 Å². The van der Waals surface area contributed by atoms with Crippen LogP contribution in [0, 0.1) is 6.92 Å². The van der Waals surface area contributed by atoms with Gasteiger partial charge in [0.15, 0.2) is 0 Å². The van der Waals surface area contributed by atoms with Crippen molar-refractivity contribution in [3.8, 4) is 50.3 Å². The minimum Gasteiger partial charge on any atom is -0.507 e. The fourth-order valence-corrected chi connectivity index (χ4v) is 8.70. The predicted molar refractivity (Wildman–Crippen MR) is 242 cm³/mol. The molecule has 2 nitrogen and oxygen atoms in total. The summed E-state index contributed by atoms with van der Waals surface area (Å²) in [4.78, 5) is 2.36. The minimum atomic E-state index is 0.266. The molecule has 0 aromatic heterocycles. The fourth-order valence-electron chi connectivity index (χ4n) is 8.70. The third kappa shape index (κ3) is 6.00. The van der Waals surface area contributed by atoms with Crippen LogP contribution in [0.5, 0.6) is 5.75 Å². The first kappa shape index (κ1) is 34.1. The molecule has 0 bridgehead atoms. The summed E-state index contributed by atoms with van der Waals surface area (Å²) in [5.74, 6) is 0.266. The molecule has 2 heteroatoms. The minimum absolute atomic E-state index is 0.266. The highest BCUT2D eigenvalue weighted by atomic mass is 16.3. The Morgan fingerprint density at radius 3 is 1.61 bits per heavy atom. The van der Waals surface area contributed by atoms with Gasteiger partial charge in [-0.3, -0.25) is 0 Å². The Bertz CT molecular complexity index is 3090. The number of aromatic hydroxyl groups is 1. The van der Waals surface area contributed by atoms with Crippen molar-refractivity contribution in [1.29, 1.82) is 0 Å². The molecule has 57 heavy (non-hydrogen) atoms. The van der Waals surface area contributed by atoms with Crippen molar-refractivity contribution >= 4 is 49.4 Å². The zero-order valence-electron chi connectivity index (χ0n) is 31.6. The molecule has 0 amide bonds.